The van der Waals surface area contributed by atoms with Crippen molar-refractivity contribution in [3.63, 3.8) is 0 Å². The number of rotatable bonds is 8. The van der Waals surface area contributed by atoms with Gasteiger partial charge in [-0.05, 0) is 74.6 Å². The maximum Gasteiger partial charge on any atom is 0.261 e. The van der Waals surface area contributed by atoms with E-state index in [0.29, 0.717) is 11.4 Å². The molecule has 7 nitrogen and oxygen atoms in total. The molecular weight excluding hydrogens is 438 g/mol. The number of nitrogens with one attached hydrogen (secondary N) is 1. The summed E-state index contributed by atoms with van der Waals surface area (Å²) >= 11 is 0. The van der Waals surface area contributed by atoms with Gasteiger partial charge in [-0.25, -0.2) is 8.42 Å². The van der Waals surface area contributed by atoms with Gasteiger partial charge in [-0.3, -0.25) is 9.10 Å². The summed E-state index contributed by atoms with van der Waals surface area (Å²) < 4.78 is 30.2. The van der Waals surface area contributed by atoms with E-state index in [-0.39, 0.29) is 11.9 Å². The lowest BCUT2D eigenvalue weighted by Crippen LogP contribution is -2.37. The van der Waals surface area contributed by atoms with Gasteiger partial charge in [0.2, 0.25) is 10.0 Å². The Morgan fingerprint density at radius 1 is 1.06 bits per heavy atom. The predicted molar refractivity (Wildman–Crippen MR) is 133 cm³/mol. The number of hydrogen-bond acceptors (Lipinski definition) is 5. The summed E-state index contributed by atoms with van der Waals surface area (Å²) in [6.07, 6.45) is 2.90. The summed E-state index contributed by atoms with van der Waals surface area (Å²) in [6, 6.07) is 14.9. The van der Waals surface area contributed by atoms with Crippen molar-refractivity contribution in [1.29, 1.82) is 0 Å². The molecule has 2 aromatic carbocycles. The van der Waals surface area contributed by atoms with Gasteiger partial charge < -0.3 is 15.0 Å². The first kappa shape index (κ1) is 24.9. The maximum atomic E-state index is 12.7. The fourth-order valence-electron chi connectivity index (χ4n) is 3.84. The molecule has 3 rings (SSSR count). The van der Waals surface area contributed by atoms with E-state index in [4.69, 9.17) is 4.74 Å². The van der Waals surface area contributed by atoms with Crippen molar-refractivity contribution in [2.75, 3.05) is 35.6 Å². The van der Waals surface area contributed by atoms with Gasteiger partial charge in [0.15, 0.2) is 6.10 Å². The third-order valence-electron chi connectivity index (χ3n) is 6.28. The van der Waals surface area contributed by atoms with E-state index in [9.17, 15) is 13.2 Å². The average molecular weight is 474 g/mol. The molecule has 1 fully saturated rings. The Hall–Kier alpha value is -2.74. The molecule has 0 radical (unpaired) electrons. The zero-order valence-corrected chi connectivity index (χ0v) is 20.9. The fraction of sp³-hybridized carbons (Fsp3) is 0.480. The molecule has 0 aromatic heterocycles. The predicted octanol–water partition coefficient (Wildman–Crippen LogP) is 3.96. The van der Waals surface area contributed by atoms with Crippen molar-refractivity contribution in [2.24, 2.45) is 5.92 Å². The van der Waals surface area contributed by atoms with Crippen LogP contribution >= 0.6 is 0 Å². The molecule has 180 valence electrons. The van der Waals surface area contributed by atoms with Crippen LogP contribution < -0.4 is 19.3 Å². The molecule has 2 aromatic rings. The zero-order valence-electron chi connectivity index (χ0n) is 20.1. The molecule has 1 aliphatic heterocycles. The summed E-state index contributed by atoms with van der Waals surface area (Å²) in [5, 5.41) is 3.01. The maximum absolute atomic E-state index is 12.7. The third-order valence-corrected chi connectivity index (χ3v) is 7.49. The number of carbonyl (C=O) groups is 1. The van der Waals surface area contributed by atoms with Crippen LogP contribution in [0.15, 0.2) is 48.5 Å². The standard InChI is InChI=1S/C25H35N3O4S/c1-18-14-16-28(17-15-18)23-8-6-21(7-9-23)19(2)26-25(29)20(3)32-24-12-10-22(11-13-24)27(4)33(5,30)31/h6-13,18-20H,14-17H2,1-5H3,(H,26,29)/t19-,20+/m0/s1. The van der Waals surface area contributed by atoms with E-state index >= 15 is 0 Å². The Morgan fingerprint density at radius 3 is 2.18 bits per heavy atom. The molecule has 2 atom stereocenters. The summed E-state index contributed by atoms with van der Waals surface area (Å²) in [4.78, 5) is 15.1. The van der Waals surface area contributed by atoms with Crippen LogP contribution in [-0.4, -0.2) is 46.8 Å². The number of ether oxygens (including phenoxy) is 1. The largest absolute Gasteiger partial charge is 0.481 e. The topological polar surface area (TPSA) is 79.0 Å². The van der Waals surface area contributed by atoms with Crippen molar-refractivity contribution in [3.8, 4) is 5.75 Å². The van der Waals surface area contributed by atoms with Crippen LogP contribution in [-0.2, 0) is 14.8 Å². The molecule has 0 bridgehead atoms. The van der Waals surface area contributed by atoms with Crippen molar-refractivity contribution in [3.05, 3.63) is 54.1 Å². The highest BCUT2D eigenvalue weighted by Crippen LogP contribution is 2.25. The molecule has 1 saturated heterocycles. The first-order chi connectivity index (χ1) is 15.5. The Kier molecular flexibility index (Phi) is 7.89. The minimum atomic E-state index is -3.33. The van der Waals surface area contributed by atoms with Crippen molar-refractivity contribution >= 4 is 27.3 Å². The molecular formula is C25H35N3O4S. The summed E-state index contributed by atoms with van der Waals surface area (Å²) in [6.45, 7) is 8.14. The second-order valence-corrected chi connectivity index (χ2v) is 11.0. The van der Waals surface area contributed by atoms with Gasteiger partial charge in [0.1, 0.15) is 5.75 Å². The van der Waals surface area contributed by atoms with E-state index in [1.54, 1.807) is 31.2 Å². The number of nitrogens with zero attached hydrogens (tertiary/aromatic N) is 2. The van der Waals surface area contributed by atoms with E-state index in [2.05, 4.69) is 41.4 Å². The molecule has 0 saturated carbocycles. The molecule has 0 aliphatic carbocycles. The second-order valence-electron chi connectivity index (χ2n) is 8.98. The number of carbonyl (C=O) groups excluding carboxylic acids is 1. The van der Waals surface area contributed by atoms with E-state index in [0.717, 1.165) is 30.8 Å². The summed E-state index contributed by atoms with van der Waals surface area (Å²) in [5.41, 5.74) is 2.79. The first-order valence-corrected chi connectivity index (χ1v) is 13.3. The number of amides is 1. The molecule has 8 heteroatoms. The number of anilines is 2. The van der Waals surface area contributed by atoms with Crippen molar-refractivity contribution in [1.82, 2.24) is 5.32 Å². The Morgan fingerprint density at radius 2 is 1.64 bits per heavy atom. The van der Waals surface area contributed by atoms with E-state index in [1.165, 1.54) is 29.9 Å². The second kappa shape index (κ2) is 10.5. The van der Waals surface area contributed by atoms with Gasteiger partial charge >= 0.3 is 0 Å². The fourth-order valence-corrected chi connectivity index (χ4v) is 4.34. The van der Waals surface area contributed by atoms with Crippen molar-refractivity contribution in [2.45, 2.75) is 45.8 Å². The molecule has 33 heavy (non-hydrogen) atoms. The van der Waals surface area contributed by atoms with Gasteiger partial charge in [0, 0.05) is 25.8 Å². The van der Waals surface area contributed by atoms with Crippen LogP contribution in [0.2, 0.25) is 0 Å². The van der Waals surface area contributed by atoms with Gasteiger partial charge in [0.05, 0.1) is 18.0 Å². The number of benzene rings is 2. The molecule has 1 aliphatic rings. The Labute approximate surface area is 197 Å². The molecule has 1 amide bonds. The lowest BCUT2D eigenvalue weighted by Gasteiger charge is -2.32. The van der Waals surface area contributed by atoms with Gasteiger partial charge in [0.25, 0.3) is 5.91 Å². The normalized spacial score (nSPS) is 16.7. The first-order valence-electron chi connectivity index (χ1n) is 11.4. The summed E-state index contributed by atoms with van der Waals surface area (Å²) in [5.74, 6) is 1.08. The quantitative estimate of drug-likeness (QED) is 0.628. The lowest BCUT2D eigenvalue weighted by atomic mass is 9.98. The number of hydrogen-bond donors (Lipinski definition) is 1. The Balaban J connectivity index is 1.53. The number of piperidine rings is 1. The van der Waals surface area contributed by atoms with Crippen LogP contribution in [0.3, 0.4) is 0 Å². The van der Waals surface area contributed by atoms with Gasteiger partial charge in [-0.15, -0.1) is 0 Å². The monoisotopic (exact) mass is 473 g/mol. The van der Waals surface area contributed by atoms with E-state index < -0.39 is 16.1 Å². The average Bonchev–Trinajstić information content (AvgIpc) is 2.79. The van der Waals surface area contributed by atoms with Gasteiger partial charge in [-0.1, -0.05) is 19.1 Å². The van der Waals surface area contributed by atoms with Crippen molar-refractivity contribution < 1.29 is 17.9 Å². The van der Waals surface area contributed by atoms with Crippen LogP contribution in [0.5, 0.6) is 5.75 Å². The SMILES string of the molecule is CC1CCN(c2ccc([C@H](C)NC(=O)[C@@H](C)Oc3ccc(N(C)S(C)(=O)=O)cc3)cc2)CC1. The van der Waals surface area contributed by atoms with Crippen LogP contribution in [0.4, 0.5) is 11.4 Å². The molecule has 0 unspecified atom stereocenters. The van der Waals surface area contributed by atoms with Crippen LogP contribution in [0, 0.1) is 5.92 Å². The highest BCUT2D eigenvalue weighted by molar-refractivity contribution is 7.92. The minimum absolute atomic E-state index is 0.148. The van der Waals surface area contributed by atoms with E-state index in [1.807, 2.05) is 6.92 Å². The zero-order chi connectivity index (χ0) is 24.2. The summed E-state index contributed by atoms with van der Waals surface area (Å²) in [7, 11) is -1.84. The Bertz CT molecular complexity index is 1030. The van der Waals surface area contributed by atoms with Crippen LogP contribution in [0.25, 0.3) is 0 Å². The van der Waals surface area contributed by atoms with Crippen LogP contribution in [0.1, 0.15) is 45.2 Å². The smallest absolute Gasteiger partial charge is 0.261 e. The highest BCUT2D eigenvalue weighted by atomic mass is 32.2. The lowest BCUT2D eigenvalue weighted by molar-refractivity contribution is -0.127. The highest BCUT2D eigenvalue weighted by Gasteiger charge is 2.20. The van der Waals surface area contributed by atoms with Gasteiger partial charge in [-0.2, -0.15) is 0 Å². The minimum Gasteiger partial charge on any atom is -0.481 e. The third kappa shape index (κ3) is 6.63. The molecule has 1 heterocycles. The molecule has 1 N–H and O–H groups in total. The number of sulfonamides is 1. The molecule has 0 spiro atoms.